The molecule has 1 saturated carbocycles. The summed E-state index contributed by atoms with van der Waals surface area (Å²) in [5.41, 5.74) is 1.21. The molecule has 1 heterocycles. The summed E-state index contributed by atoms with van der Waals surface area (Å²) in [6, 6.07) is 0. The molecule has 106 valence electrons. The molecule has 0 aliphatic heterocycles. The summed E-state index contributed by atoms with van der Waals surface area (Å²) in [6.07, 6.45) is 9.52. The van der Waals surface area contributed by atoms with Crippen LogP contribution in [0.15, 0.2) is 6.33 Å². The van der Waals surface area contributed by atoms with Crippen molar-refractivity contribution in [1.29, 1.82) is 0 Å². The molecule has 1 aromatic rings. The van der Waals surface area contributed by atoms with E-state index in [2.05, 4.69) is 34.4 Å². The number of nitrogens with one attached hydrogen (secondary N) is 2. The number of aromatic nitrogens is 2. The molecule has 2 rings (SSSR count). The van der Waals surface area contributed by atoms with Gasteiger partial charge in [0.1, 0.15) is 18.0 Å². The second kappa shape index (κ2) is 7.31. The molecule has 2 N–H and O–H groups in total. The summed E-state index contributed by atoms with van der Waals surface area (Å²) in [5.74, 6) is 2.81. The van der Waals surface area contributed by atoms with E-state index in [1.807, 2.05) is 0 Å². The smallest absolute Gasteiger partial charge is 0.134 e. The number of nitrogens with zero attached hydrogens (tertiary/aromatic N) is 2. The Kier molecular flexibility index (Phi) is 5.43. The van der Waals surface area contributed by atoms with E-state index < -0.39 is 0 Å². The van der Waals surface area contributed by atoms with E-state index in [-0.39, 0.29) is 0 Å². The monoisotopic (exact) mass is 262 g/mol. The Labute approximate surface area is 116 Å². The molecule has 0 spiro atoms. The van der Waals surface area contributed by atoms with Crippen LogP contribution >= 0.6 is 0 Å². The maximum absolute atomic E-state index is 4.41. The first-order valence-corrected chi connectivity index (χ1v) is 7.66. The predicted molar refractivity (Wildman–Crippen MR) is 80.6 cm³/mol. The Bertz CT molecular complexity index is 386. The number of anilines is 2. The van der Waals surface area contributed by atoms with Crippen LogP contribution in [0.4, 0.5) is 11.6 Å². The fourth-order valence-electron chi connectivity index (χ4n) is 2.85. The van der Waals surface area contributed by atoms with Gasteiger partial charge < -0.3 is 10.6 Å². The summed E-state index contributed by atoms with van der Waals surface area (Å²) >= 11 is 0. The molecule has 1 aliphatic rings. The summed E-state index contributed by atoms with van der Waals surface area (Å²) in [5, 5.41) is 6.86. The highest BCUT2D eigenvalue weighted by molar-refractivity contribution is 5.57. The van der Waals surface area contributed by atoms with E-state index in [1.54, 1.807) is 6.33 Å². The maximum atomic E-state index is 4.41. The Morgan fingerprint density at radius 3 is 2.37 bits per heavy atom. The van der Waals surface area contributed by atoms with Crippen LogP contribution in [0.1, 0.15) is 51.5 Å². The lowest BCUT2D eigenvalue weighted by Gasteiger charge is -2.23. The van der Waals surface area contributed by atoms with E-state index in [4.69, 9.17) is 0 Å². The van der Waals surface area contributed by atoms with Crippen LogP contribution in [0.2, 0.25) is 0 Å². The minimum Gasteiger partial charge on any atom is -0.370 e. The van der Waals surface area contributed by atoms with Crippen LogP contribution in [0.3, 0.4) is 0 Å². The predicted octanol–water partition coefficient (Wildman–Crippen LogP) is 3.46. The third-order valence-corrected chi connectivity index (χ3v) is 3.93. The Morgan fingerprint density at radius 2 is 1.74 bits per heavy atom. The molecule has 0 radical (unpaired) electrons. The van der Waals surface area contributed by atoms with Crippen molar-refractivity contribution in [3.63, 3.8) is 0 Å². The summed E-state index contributed by atoms with van der Waals surface area (Å²) in [6.45, 7) is 6.20. The fraction of sp³-hybridized carbons (Fsp3) is 0.733. The molecule has 1 aromatic heterocycles. The van der Waals surface area contributed by atoms with Gasteiger partial charge in [-0.3, -0.25) is 0 Å². The number of hydrogen-bond acceptors (Lipinski definition) is 4. The Balaban J connectivity index is 2.00. The van der Waals surface area contributed by atoms with Crippen molar-refractivity contribution in [3.05, 3.63) is 11.9 Å². The average molecular weight is 262 g/mol. The molecule has 0 aromatic carbocycles. The molecule has 1 fully saturated rings. The van der Waals surface area contributed by atoms with Crippen LogP contribution in [0.5, 0.6) is 0 Å². The van der Waals surface area contributed by atoms with Crippen molar-refractivity contribution in [1.82, 2.24) is 9.97 Å². The van der Waals surface area contributed by atoms with Gasteiger partial charge in [-0.2, -0.15) is 0 Å². The Hall–Kier alpha value is -1.32. The van der Waals surface area contributed by atoms with Gasteiger partial charge in [-0.15, -0.1) is 0 Å². The molecule has 4 heteroatoms. The van der Waals surface area contributed by atoms with Crippen molar-refractivity contribution in [2.75, 3.05) is 23.7 Å². The lowest BCUT2D eigenvalue weighted by atomic mass is 9.89. The van der Waals surface area contributed by atoms with E-state index >= 15 is 0 Å². The molecule has 19 heavy (non-hydrogen) atoms. The van der Waals surface area contributed by atoms with Gasteiger partial charge >= 0.3 is 0 Å². The van der Waals surface area contributed by atoms with Gasteiger partial charge in [0.25, 0.3) is 0 Å². The van der Waals surface area contributed by atoms with E-state index in [1.165, 1.54) is 37.7 Å². The van der Waals surface area contributed by atoms with Gasteiger partial charge in [0, 0.05) is 18.7 Å². The molecule has 0 saturated heterocycles. The van der Waals surface area contributed by atoms with Crippen LogP contribution in [0.25, 0.3) is 0 Å². The molecule has 1 aliphatic carbocycles. The Morgan fingerprint density at radius 1 is 1.05 bits per heavy atom. The second-order valence-electron chi connectivity index (χ2n) is 5.32. The van der Waals surface area contributed by atoms with Crippen LogP contribution in [-0.2, 0) is 6.42 Å². The first-order valence-electron chi connectivity index (χ1n) is 7.66. The highest BCUT2D eigenvalue weighted by Crippen LogP contribution is 2.25. The number of hydrogen-bond donors (Lipinski definition) is 2. The first-order chi connectivity index (χ1) is 9.35. The molecule has 0 amide bonds. The minimum atomic E-state index is 0.816. The molecule has 0 bridgehead atoms. The topological polar surface area (TPSA) is 49.8 Å². The zero-order valence-electron chi connectivity index (χ0n) is 12.2. The van der Waals surface area contributed by atoms with E-state index in [0.29, 0.717) is 0 Å². The van der Waals surface area contributed by atoms with Crippen LogP contribution in [0, 0.1) is 5.92 Å². The van der Waals surface area contributed by atoms with Gasteiger partial charge in [-0.1, -0.05) is 26.2 Å². The van der Waals surface area contributed by atoms with Gasteiger partial charge in [0.2, 0.25) is 0 Å². The molecular weight excluding hydrogens is 236 g/mol. The first kappa shape index (κ1) is 14.1. The number of rotatable bonds is 6. The van der Waals surface area contributed by atoms with Gasteiger partial charge in [-0.25, -0.2) is 9.97 Å². The van der Waals surface area contributed by atoms with Crippen molar-refractivity contribution in [3.8, 4) is 0 Å². The van der Waals surface area contributed by atoms with Crippen molar-refractivity contribution >= 4 is 11.6 Å². The normalized spacial score (nSPS) is 16.3. The molecule has 0 unspecified atom stereocenters. The molecule has 0 atom stereocenters. The van der Waals surface area contributed by atoms with E-state index in [0.717, 1.165) is 37.1 Å². The molecular formula is C15H26N4. The highest BCUT2D eigenvalue weighted by Gasteiger charge is 2.15. The summed E-state index contributed by atoms with van der Waals surface area (Å²) < 4.78 is 0. The third-order valence-electron chi connectivity index (χ3n) is 3.93. The third kappa shape index (κ3) is 3.82. The SMILES string of the molecule is CCNc1ncnc(NCC2CCCCC2)c1CC. The highest BCUT2D eigenvalue weighted by atomic mass is 15.1. The fourth-order valence-corrected chi connectivity index (χ4v) is 2.85. The zero-order valence-corrected chi connectivity index (χ0v) is 12.2. The minimum absolute atomic E-state index is 0.816. The maximum Gasteiger partial charge on any atom is 0.134 e. The quantitative estimate of drug-likeness (QED) is 0.824. The zero-order chi connectivity index (χ0) is 13.5. The van der Waals surface area contributed by atoms with Gasteiger partial charge in [0.15, 0.2) is 0 Å². The lowest BCUT2D eigenvalue weighted by molar-refractivity contribution is 0.373. The van der Waals surface area contributed by atoms with Crippen molar-refractivity contribution in [2.45, 2.75) is 52.4 Å². The van der Waals surface area contributed by atoms with Crippen LogP contribution in [-0.4, -0.2) is 23.1 Å². The average Bonchev–Trinajstić information content (AvgIpc) is 2.46. The summed E-state index contributed by atoms with van der Waals surface area (Å²) in [7, 11) is 0. The largest absolute Gasteiger partial charge is 0.370 e. The van der Waals surface area contributed by atoms with E-state index in [9.17, 15) is 0 Å². The standard InChI is InChI=1S/C15H26N4/c1-3-13-14(16-4-2)18-11-19-15(13)17-10-12-8-6-5-7-9-12/h11-12H,3-10H2,1-2H3,(H2,16,17,18,19). The van der Waals surface area contributed by atoms with Crippen LogP contribution < -0.4 is 10.6 Å². The van der Waals surface area contributed by atoms with Gasteiger partial charge in [-0.05, 0) is 32.1 Å². The van der Waals surface area contributed by atoms with Crippen molar-refractivity contribution < 1.29 is 0 Å². The van der Waals surface area contributed by atoms with Gasteiger partial charge in [0.05, 0.1) is 0 Å². The lowest BCUT2D eigenvalue weighted by Crippen LogP contribution is -2.19. The molecule has 4 nitrogen and oxygen atoms in total. The summed E-state index contributed by atoms with van der Waals surface area (Å²) in [4.78, 5) is 8.75. The van der Waals surface area contributed by atoms with Crippen molar-refractivity contribution in [2.24, 2.45) is 5.92 Å². The second-order valence-corrected chi connectivity index (χ2v) is 5.32.